The Morgan fingerprint density at radius 3 is 2.50 bits per heavy atom. The summed E-state index contributed by atoms with van der Waals surface area (Å²) in [6.07, 6.45) is 12.6. The summed E-state index contributed by atoms with van der Waals surface area (Å²) < 4.78 is 10.7. The first-order valence-corrected chi connectivity index (χ1v) is 12.9. The monoisotopic (exact) mass is 516 g/mol. The Hall–Kier alpha value is -2.81. The van der Waals surface area contributed by atoms with Gasteiger partial charge in [0.2, 0.25) is 0 Å². The molecule has 0 bridgehead atoms. The number of likely N-dealkylation sites (N-methyl/N-ethyl adjacent to an activating group) is 1. The van der Waals surface area contributed by atoms with Gasteiger partial charge in [-0.2, -0.15) is 0 Å². The molecule has 0 spiro atoms. The van der Waals surface area contributed by atoms with Crippen LogP contribution in [0.1, 0.15) is 56.5 Å². The summed E-state index contributed by atoms with van der Waals surface area (Å²) in [5.74, 6) is -0.955. The van der Waals surface area contributed by atoms with Crippen molar-refractivity contribution in [3.05, 3.63) is 75.3 Å². The molecule has 1 heterocycles. The predicted octanol–water partition coefficient (Wildman–Crippen LogP) is 5.06. The van der Waals surface area contributed by atoms with Crippen LogP contribution in [0.3, 0.4) is 0 Å². The average molecular weight is 517 g/mol. The van der Waals surface area contributed by atoms with Gasteiger partial charge in [0.15, 0.2) is 5.69 Å². The molecule has 2 atom stereocenters. The molecule has 0 aliphatic heterocycles. The van der Waals surface area contributed by atoms with Gasteiger partial charge in [-0.15, -0.1) is 11.3 Å². The SMILES string of the molecule is CCOC(=O)c1csc(CC(/C=C(C)/C=C/C(C)=C/CN(C)C)OC(=O)/C=C\C=C(/C)C[C@H](C)O)n1. The summed E-state index contributed by atoms with van der Waals surface area (Å²) in [6, 6.07) is 0. The van der Waals surface area contributed by atoms with Crippen molar-refractivity contribution in [1.82, 2.24) is 9.88 Å². The van der Waals surface area contributed by atoms with Gasteiger partial charge in [-0.3, -0.25) is 0 Å². The fraction of sp³-hybridized carbons (Fsp3) is 0.464. The van der Waals surface area contributed by atoms with Gasteiger partial charge in [0.1, 0.15) is 6.10 Å². The van der Waals surface area contributed by atoms with E-state index < -0.39 is 24.1 Å². The van der Waals surface area contributed by atoms with Gasteiger partial charge >= 0.3 is 11.9 Å². The lowest BCUT2D eigenvalue weighted by Gasteiger charge is -2.13. The van der Waals surface area contributed by atoms with Crippen LogP contribution in [0.15, 0.2) is 64.6 Å². The number of thiazole rings is 1. The second kappa shape index (κ2) is 16.8. The van der Waals surface area contributed by atoms with E-state index in [1.807, 2.05) is 53.1 Å². The number of rotatable bonds is 14. The molecule has 1 N–H and O–H groups in total. The zero-order valence-electron chi connectivity index (χ0n) is 22.5. The maximum atomic E-state index is 12.5. The Morgan fingerprint density at radius 1 is 1.17 bits per heavy atom. The van der Waals surface area contributed by atoms with Crippen molar-refractivity contribution in [1.29, 1.82) is 0 Å². The van der Waals surface area contributed by atoms with Crippen LogP contribution in [0.2, 0.25) is 0 Å². The van der Waals surface area contributed by atoms with Crippen LogP contribution in [0.25, 0.3) is 0 Å². The van der Waals surface area contributed by atoms with Crippen molar-refractivity contribution in [3.63, 3.8) is 0 Å². The van der Waals surface area contributed by atoms with Crippen molar-refractivity contribution in [2.45, 2.75) is 59.7 Å². The first-order chi connectivity index (χ1) is 17.0. The lowest BCUT2D eigenvalue weighted by Crippen LogP contribution is -2.18. The topological polar surface area (TPSA) is 89.0 Å². The van der Waals surface area contributed by atoms with Crippen LogP contribution in [-0.4, -0.2) is 66.4 Å². The van der Waals surface area contributed by atoms with Gasteiger partial charge in [0.25, 0.3) is 0 Å². The first kappa shape index (κ1) is 31.2. The van der Waals surface area contributed by atoms with Gasteiger partial charge in [-0.05, 0) is 61.2 Å². The Bertz CT molecular complexity index is 999. The van der Waals surface area contributed by atoms with Crippen molar-refractivity contribution < 1.29 is 24.2 Å². The van der Waals surface area contributed by atoms with E-state index in [-0.39, 0.29) is 12.3 Å². The summed E-state index contributed by atoms with van der Waals surface area (Å²) in [6.45, 7) is 10.5. The largest absolute Gasteiger partial charge is 0.461 e. The van der Waals surface area contributed by atoms with Gasteiger partial charge in [-0.25, -0.2) is 14.6 Å². The van der Waals surface area contributed by atoms with E-state index in [9.17, 15) is 14.7 Å². The summed E-state index contributed by atoms with van der Waals surface area (Å²) in [5.41, 5.74) is 3.27. The Labute approximate surface area is 219 Å². The molecule has 1 aromatic rings. The number of esters is 2. The molecule has 1 unspecified atom stereocenters. The molecule has 8 heteroatoms. The number of aliphatic hydroxyl groups is 1. The number of hydrogen-bond acceptors (Lipinski definition) is 8. The molecule has 1 aromatic heterocycles. The molecule has 0 saturated carbocycles. The molecule has 0 aliphatic carbocycles. The van der Waals surface area contributed by atoms with Crippen LogP contribution in [0.5, 0.6) is 0 Å². The van der Waals surface area contributed by atoms with Crippen molar-refractivity contribution in [2.24, 2.45) is 0 Å². The summed E-state index contributed by atoms with van der Waals surface area (Å²) in [7, 11) is 4.03. The summed E-state index contributed by atoms with van der Waals surface area (Å²) in [4.78, 5) is 30.9. The van der Waals surface area contributed by atoms with Gasteiger partial charge in [0, 0.05) is 24.4 Å². The average Bonchev–Trinajstić information content (AvgIpc) is 3.24. The number of aromatic nitrogens is 1. The van der Waals surface area contributed by atoms with E-state index in [2.05, 4.69) is 16.0 Å². The van der Waals surface area contributed by atoms with E-state index in [4.69, 9.17) is 9.47 Å². The number of ether oxygens (including phenoxy) is 2. The third-order valence-electron chi connectivity index (χ3n) is 4.75. The number of carbonyl (C=O) groups is 2. The van der Waals surface area contributed by atoms with E-state index in [1.54, 1.807) is 31.4 Å². The minimum absolute atomic E-state index is 0.253. The van der Waals surface area contributed by atoms with Gasteiger partial charge in [0.05, 0.1) is 17.7 Å². The van der Waals surface area contributed by atoms with Gasteiger partial charge < -0.3 is 19.5 Å². The number of carbonyl (C=O) groups excluding carboxylic acids is 2. The number of hydrogen-bond donors (Lipinski definition) is 1. The minimum Gasteiger partial charge on any atom is -0.461 e. The quantitative estimate of drug-likeness (QED) is 0.210. The zero-order valence-corrected chi connectivity index (χ0v) is 23.3. The van der Waals surface area contributed by atoms with Crippen LogP contribution >= 0.6 is 11.3 Å². The second-order valence-corrected chi connectivity index (χ2v) is 9.85. The Balaban J connectivity index is 3.02. The molecule has 0 aliphatic rings. The molecule has 0 saturated heterocycles. The smallest absolute Gasteiger partial charge is 0.357 e. The molecule has 1 rings (SSSR count). The van der Waals surface area contributed by atoms with E-state index >= 15 is 0 Å². The normalized spacial score (nSPS) is 15.1. The standard InChI is InChI=1S/C28H40N2O5S/c1-8-34-28(33)25-19-36-26(29-25)18-24(17-22(4)13-12-20(2)14-15-30(6)7)35-27(32)11-9-10-21(3)16-23(5)31/h9-14,17,19,23-24,31H,8,15-16,18H2,1-7H3/b11-9-,13-12+,20-14+,21-10+,22-17+/t23-,24?/m0/s1. The minimum atomic E-state index is -0.568. The van der Waals surface area contributed by atoms with Crippen LogP contribution < -0.4 is 0 Å². The zero-order chi connectivity index (χ0) is 27.1. The fourth-order valence-electron chi connectivity index (χ4n) is 3.03. The molecular weight excluding hydrogens is 476 g/mol. The van der Waals surface area contributed by atoms with Crippen LogP contribution in [0.4, 0.5) is 0 Å². The Morgan fingerprint density at radius 2 is 1.86 bits per heavy atom. The molecule has 198 valence electrons. The van der Waals surface area contributed by atoms with Crippen LogP contribution in [0, 0.1) is 0 Å². The molecule has 7 nitrogen and oxygen atoms in total. The lowest BCUT2D eigenvalue weighted by atomic mass is 10.1. The highest BCUT2D eigenvalue weighted by molar-refractivity contribution is 7.09. The molecule has 0 amide bonds. The first-order valence-electron chi connectivity index (χ1n) is 12.0. The molecule has 0 radical (unpaired) electrons. The van der Waals surface area contributed by atoms with Crippen molar-refractivity contribution in [2.75, 3.05) is 27.2 Å². The summed E-state index contributed by atoms with van der Waals surface area (Å²) >= 11 is 1.33. The molecule has 36 heavy (non-hydrogen) atoms. The highest BCUT2D eigenvalue weighted by Gasteiger charge is 2.17. The number of nitrogens with zero attached hydrogens (tertiary/aromatic N) is 2. The fourth-order valence-corrected chi connectivity index (χ4v) is 3.84. The summed E-state index contributed by atoms with van der Waals surface area (Å²) in [5, 5.41) is 11.8. The van der Waals surface area contributed by atoms with Crippen molar-refractivity contribution >= 4 is 23.3 Å². The molecule has 0 fully saturated rings. The van der Waals surface area contributed by atoms with Crippen LogP contribution in [-0.2, 0) is 20.7 Å². The maximum absolute atomic E-state index is 12.5. The van der Waals surface area contributed by atoms with Gasteiger partial charge in [-0.1, -0.05) is 47.1 Å². The highest BCUT2D eigenvalue weighted by Crippen LogP contribution is 2.17. The Kier molecular flexibility index (Phi) is 14.6. The number of allylic oxidation sites excluding steroid dienone is 6. The highest BCUT2D eigenvalue weighted by atomic mass is 32.1. The maximum Gasteiger partial charge on any atom is 0.357 e. The second-order valence-electron chi connectivity index (χ2n) is 8.91. The molecule has 0 aromatic carbocycles. The third-order valence-corrected chi connectivity index (χ3v) is 5.62. The number of aliphatic hydroxyl groups excluding tert-OH is 1. The van der Waals surface area contributed by atoms with E-state index in [1.165, 1.54) is 17.4 Å². The lowest BCUT2D eigenvalue weighted by molar-refractivity contribution is -0.140. The predicted molar refractivity (Wildman–Crippen MR) is 146 cm³/mol. The molecular formula is C28H40N2O5S. The third kappa shape index (κ3) is 13.9. The van der Waals surface area contributed by atoms with E-state index in [0.717, 1.165) is 23.3 Å². The van der Waals surface area contributed by atoms with E-state index in [0.29, 0.717) is 17.8 Å². The van der Waals surface area contributed by atoms with Crippen molar-refractivity contribution in [3.8, 4) is 0 Å².